The van der Waals surface area contributed by atoms with Gasteiger partial charge in [0.2, 0.25) is 0 Å². The summed E-state index contributed by atoms with van der Waals surface area (Å²) in [5.74, 6) is 1.00. The zero-order chi connectivity index (χ0) is 31.6. The first kappa shape index (κ1) is 31.0. The molecule has 45 heavy (non-hydrogen) atoms. The van der Waals surface area contributed by atoms with E-state index in [9.17, 15) is 13.2 Å². The molecular formula is C31H34ClN7O5S. The van der Waals surface area contributed by atoms with Gasteiger partial charge in [0, 0.05) is 42.1 Å². The lowest BCUT2D eigenvalue weighted by molar-refractivity contribution is 0.0729. The molecule has 0 aliphatic carbocycles. The summed E-state index contributed by atoms with van der Waals surface area (Å²) in [6.07, 6.45) is 2.01. The van der Waals surface area contributed by atoms with Gasteiger partial charge in [-0.25, -0.2) is 23.2 Å². The Balaban J connectivity index is 1.39. The standard InChI is InChI=1S/C31H34ClN7O5S/c1-20-19-44-16-13-39(20)28-17-27(31(11-14-43-15-12-31)45(41,42)25-9-5-23(32)6-10-25)36-29(37-28)22-3-7-24(8-4-22)34-30(40)35-26-18-33-38-21(26)2/h3-10,17-18,20H,11-16,19H2,1-2H3,(H,33,38)(H2,34,35,40)/t20-/m0/s1. The third kappa shape index (κ3) is 6.25. The minimum Gasteiger partial charge on any atom is -0.381 e. The van der Waals surface area contributed by atoms with Gasteiger partial charge in [-0.15, -0.1) is 0 Å². The maximum Gasteiger partial charge on any atom is 0.323 e. The predicted molar refractivity (Wildman–Crippen MR) is 171 cm³/mol. The van der Waals surface area contributed by atoms with E-state index in [1.165, 1.54) is 18.3 Å². The minimum absolute atomic E-state index is 0.0248. The largest absolute Gasteiger partial charge is 0.381 e. The number of carbonyl (C=O) groups excluding carboxylic acids is 1. The van der Waals surface area contributed by atoms with E-state index in [1.807, 2.05) is 19.9 Å². The van der Waals surface area contributed by atoms with Gasteiger partial charge in [-0.05, 0) is 75.2 Å². The maximum absolute atomic E-state index is 14.5. The van der Waals surface area contributed by atoms with Crippen molar-refractivity contribution in [3.8, 4) is 11.4 Å². The number of sulfone groups is 1. The van der Waals surface area contributed by atoms with E-state index in [-0.39, 0.29) is 37.0 Å². The molecule has 0 spiro atoms. The van der Waals surface area contributed by atoms with Crippen LogP contribution in [0.2, 0.25) is 5.02 Å². The van der Waals surface area contributed by atoms with Crippen LogP contribution in [-0.2, 0) is 24.1 Å². The van der Waals surface area contributed by atoms with Gasteiger partial charge < -0.3 is 25.0 Å². The SMILES string of the molecule is Cc1[nH]ncc1NC(=O)Nc1ccc(-c2nc(N3CCOC[C@@H]3C)cc(C3(S(=O)(=O)c4ccc(Cl)cc4)CCOCC3)n2)cc1. The monoisotopic (exact) mass is 651 g/mol. The van der Waals surface area contributed by atoms with Gasteiger partial charge in [0.1, 0.15) is 10.6 Å². The second-order valence-corrected chi connectivity index (χ2v) is 13.9. The second-order valence-electron chi connectivity index (χ2n) is 11.2. The van der Waals surface area contributed by atoms with Crippen LogP contribution in [-0.4, -0.2) is 73.6 Å². The first-order chi connectivity index (χ1) is 21.7. The number of urea groups is 1. The second kappa shape index (κ2) is 12.8. The normalized spacial score (nSPS) is 18.4. The van der Waals surface area contributed by atoms with Gasteiger partial charge in [-0.3, -0.25) is 5.10 Å². The Labute approximate surface area is 266 Å². The van der Waals surface area contributed by atoms with Crippen LogP contribution in [0.25, 0.3) is 11.4 Å². The van der Waals surface area contributed by atoms with Crippen molar-refractivity contribution in [3.63, 3.8) is 0 Å². The summed E-state index contributed by atoms with van der Waals surface area (Å²) in [4.78, 5) is 24.7. The molecule has 0 unspecified atom stereocenters. The summed E-state index contributed by atoms with van der Waals surface area (Å²) in [6.45, 7) is 6.06. The number of morpholine rings is 1. The molecule has 1 atom stereocenters. The van der Waals surface area contributed by atoms with E-state index in [0.717, 1.165) is 5.69 Å². The van der Waals surface area contributed by atoms with Crippen LogP contribution in [0.5, 0.6) is 0 Å². The smallest absolute Gasteiger partial charge is 0.323 e. The fraction of sp³-hybridized carbons (Fsp3) is 0.355. The van der Waals surface area contributed by atoms with Crippen LogP contribution in [0, 0.1) is 6.92 Å². The molecule has 2 saturated heterocycles. The summed E-state index contributed by atoms with van der Waals surface area (Å²) < 4.78 is 38.9. The number of hydrogen-bond acceptors (Lipinski definition) is 9. The zero-order valence-corrected chi connectivity index (χ0v) is 26.5. The molecule has 0 bridgehead atoms. The highest BCUT2D eigenvalue weighted by atomic mass is 35.5. The lowest BCUT2D eigenvalue weighted by Crippen LogP contribution is -2.45. The lowest BCUT2D eigenvalue weighted by Gasteiger charge is -2.38. The number of rotatable bonds is 7. The topological polar surface area (TPSA) is 151 Å². The Hall–Kier alpha value is -4.04. The van der Waals surface area contributed by atoms with Gasteiger partial charge in [-0.2, -0.15) is 5.10 Å². The number of nitrogens with zero attached hydrogens (tertiary/aromatic N) is 4. The number of aryl methyl sites for hydroxylation is 1. The molecule has 236 valence electrons. The lowest BCUT2D eigenvalue weighted by atomic mass is 9.94. The first-order valence-electron chi connectivity index (χ1n) is 14.7. The summed E-state index contributed by atoms with van der Waals surface area (Å²) in [5, 5.41) is 12.7. The van der Waals surface area contributed by atoms with E-state index in [1.54, 1.807) is 36.4 Å². The predicted octanol–water partition coefficient (Wildman–Crippen LogP) is 5.18. The van der Waals surface area contributed by atoms with Crippen LogP contribution in [0.3, 0.4) is 0 Å². The van der Waals surface area contributed by atoms with E-state index in [2.05, 4.69) is 25.7 Å². The quantitative estimate of drug-likeness (QED) is 0.246. The van der Waals surface area contributed by atoms with Crippen LogP contribution < -0.4 is 15.5 Å². The Kier molecular flexibility index (Phi) is 8.78. The Morgan fingerprint density at radius 3 is 2.42 bits per heavy atom. The number of aromatic nitrogens is 4. The van der Waals surface area contributed by atoms with Crippen molar-refractivity contribution in [3.05, 3.63) is 77.2 Å². The number of benzene rings is 2. The molecule has 0 saturated carbocycles. The summed E-state index contributed by atoms with van der Waals surface area (Å²) >= 11 is 6.10. The average molecular weight is 652 g/mol. The van der Waals surface area contributed by atoms with Crippen molar-refractivity contribution < 1.29 is 22.7 Å². The third-order valence-corrected chi connectivity index (χ3v) is 11.1. The number of aromatic amines is 1. The Morgan fingerprint density at radius 1 is 1.02 bits per heavy atom. The van der Waals surface area contributed by atoms with E-state index in [4.69, 9.17) is 31.0 Å². The van der Waals surface area contributed by atoms with Crippen molar-refractivity contribution in [2.75, 3.05) is 48.5 Å². The number of anilines is 3. The molecule has 2 aliphatic rings. The molecule has 3 N–H and O–H groups in total. The third-order valence-electron chi connectivity index (χ3n) is 8.26. The van der Waals surface area contributed by atoms with E-state index >= 15 is 0 Å². The molecule has 2 fully saturated rings. The number of carbonyl (C=O) groups is 1. The zero-order valence-electron chi connectivity index (χ0n) is 24.9. The fourth-order valence-corrected chi connectivity index (χ4v) is 7.83. The molecule has 4 heterocycles. The van der Waals surface area contributed by atoms with E-state index < -0.39 is 20.6 Å². The van der Waals surface area contributed by atoms with Gasteiger partial charge in [0.15, 0.2) is 15.7 Å². The van der Waals surface area contributed by atoms with Gasteiger partial charge in [-0.1, -0.05) is 11.6 Å². The van der Waals surface area contributed by atoms with Crippen LogP contribution in [0.4, 0.5) is 22.0 Å². The molecule has 0 radical (unpaired) electrons. The summed E-state index contributed by atoms with van der Waals surface area (Å²) in [7, 11) is -3.93. The van der Waals surface area contributed by atoms with Crippen LogP contribution in [0.15, 0.2) is 65.7 Å². The highest BCUT2D eigenvalue weighted by Gasteiger charge is 2.49. The molecule has 2 aliphatic heterocycles. The van der Waals surface area contributed by atoms with Crippen molar-refractivity contribution in [2.45, 2.75) is 42.4 Å². The van der Waals surface area contributed by atoms with Crippen molar-refractivity contribution in [1.82, 2.24) is 20.2 Å². The number of amides is 2. The van der Waals surface area contributed by atoms with Crippen LogP contribution in [0.1, 0.15) is 31.2 Å². The van der Waals surface area contributed by atoms with Gasteiger partial charge in [0.05, 0.1) is 47.4 Å². The molecule has 12 nitrogen and oxygen atoms in total. The number of H-pyrrole nitrogens is 1. The van der Waals surface area contributed by atoms with Crippen molar-refractivity contribution >= 4 is 44.7 Å². The number of halogens is 1. The van der Waals surface area contributed by atoms with E-state index in [0.29, 0.717) is 59.1 Å². The first-order valence-corrected chi connectivity index (χ1v) is 16.5. The fourth-order valence-electron chi connectivity index (χ4n) is 5.68. The molecule has 2 aromatic heterocycles. The highest BCUT2D eigenvalue weighted by molar-refractivity contribution is 7.92. The summed E-state index contributed by atoms with van der Waals surface area (Å²) in [5.41, 5.74) is 2.96. The number of nitrogens with one attached hydrogen (secondary N) is 3. The van der Waals surface area contributed by atoms with Gasteiger partial charge >= 0.3 is 6.03 Å². The van der Waals surface area contributed by atoms with Crippen molar-refractivity contribution in [2.24, 2.45) is 0 Å². The van der Waals surface area contributed by atoms with Gasteiger partial charge in [0.25, 0.3) is 0 Å². The van der Waals surface area contributed by atoms with Crippen molar-refractivity contribution in [1.29, 1.82) is 0 Å². The Bertz CT molecular complexity index is 1770. The molecule has 6 rings (SSSR count). The molecular weight excluding hydrogens is 618 g/mol. The summed E-state index contributed by atoms with van der Waals surface area (Å²) in [6, 6.07) is 14.8. The number of ether oxygens (including phenoxy) is 2. The minimum atomic E-state index is -3.93. The number of hydrogen-bond donors (Lipinski definition) is 3. The maximum atomic E-state index is 14.5. The molecule has 14 heteroatoms. The average Bonchev–Trinajstić information content (AvgIpc) is 3.45. The molecule has 2 aromatic carbocycles. The molecule has 2 amide bonds. The highest BCUT2D eigenvalue weighted by Crippen LogP contribution is 2.44. The van der Waals surface area contributed by atoms with Crippen LogP contribution >= 0.6 is 11.6 Å². The molecule has 4 aromatic rings. The Morgan fingerprint density at radius 2 is 1.76 bits per heavy atom.